The lowest BCUT2D eigenvalue weighted by atomic mass is 10.1. The van der Waals surface area contributed by atoms with Gasteiger partial charge < -0.3 is 10.3 Å². The monoisotopic (exact) mass is 291 g/mol. The molecule has 0 radical (unpaired) electrons. The number of nitrogens with two attached hydrogens (primary N) is 1. The number of anilines is 1. The maximum absolute atomic E-state index is 6.01. The Balaban J connectivity index is 2.19. The Labute approximate surface area is 118 Å². The molecule has 1 aromatic carbocycles. The van der Waals surface area contributed by atoms with Gasteiger partial charge in [0.05, 0.1) is 15.4 Å². The zero-order valence-electron chi connectivity index (χ0n) is 10.1. The molecule has 2 heterocycles. The maximum Gasteiger partial charge on any atom is 0.188 e. The van der Waals surface area contributed by atoms with Gasteiger partial charge in [-0.2, -0.15) is 0 Å². The molecule has 0 unspecified atom stereocenters. The minimum Gasteiger partial charge on any atom is -0.380 e. The number of thiazole rings is 1. The fraction of sp³-hybridized carbons (Fsp3) is 0.0769. The Hall–Kier alpha value is -1.85. The van der Waals surface area contributed by atoms with Crippen LogP contribution in [0.5, 0.6) is 0 Å². The molecule has 0 saturated carbocycles. The van der Waals surface area contributed by atoms with Crippen LogP contribution in [0, 0.1) is 6.92 Å². The van der Waals surface area contributed by atoms with Crippen molar-refractivity contribution in [3.05, 3.63) is 40.5 Å². The molecule has 3 aromatic rings. The van der Waals surface area contributed by atoms with Crippen LogP contribution in [0.1, 0.15) is 5.01 Å². The number of nitrogens with zero attached hydrogens (tertiary/aromatic N) is 2. The van der Waals surface area contributed by atoms with E-state index in [1.807, 2.05) is 31.2 Å². The topological polar surface area (TPSA) is 64.9 Å². The second-order valence-electron chi connectivity index (χ2n) is 4.03. The summed E-state index contributed by atoms with van der Waals surface area (Å²) in [5, 5.41) is 5.45. The predicted octanol–water partition coefficient (Wildman–Crippen LogP) is 4.01. The molecule has 2 aromatic heterocycles. The fourth-order valence-corrected chi connectivity index (χ4v) is 2.81. The average Bonchev–Trinajstić information content (AvgIpc) is 2.95. The third-order valence-electron chi connectivity index (χ3n) is 2.68. The Kier molecular flexibility index (Phi) is 3.00. The van der Waals surface area contributed by atoms with Crippen molar-refractivity contribution in [1.29, 1.82) is 0 Å². The van der Waals surface area contributed by atoms with Crippen molar-refractivity contribution in [2.75, 3.05) is 5.73 Å². The average molecular weight is 292 g/mol. The molecule has 6 heteroatoms. The summed E-state index contributed by atoms with van der Waals surface area (Å²) < 4.78 is 5.34. The van der Waals surface area contributed by atoms with Gasteiger partial charge in [-0.05, 0) is 24.6 Å². The molecule has 96 valence electrons. The summed E-state index contributed by atoms with van der Waals surface area (Å²) in [7, 11) is 0. The van der Waals surface area contributed by atoms with Gasteiger partial charge in [-0.1, -0.05) is 28.9 Å². The quantitative estimate of drug-likeness (QED) is 0.775. The second kappa shape index (κ2) is 4.68. The number of hydrogen-bond donors (Lipinski definition) is 1. The van der Waals surface area contributed by atoms with Gasteiger partial charge in [0, 0.05) is 11.2 Å². The smallest absolute Gasteiger partial charge is 0.188 e. The van der Waals surface area contributed by atoms with E-state index in [0.29, 0.717) is 16.6 Å². The van der Waals surface area contributed by atoms with E-state index in [9.17, 15) is 0 Å². The van der Waals surface area contributed by atoms with Crippen LogP contribution in [-0.2, 0) is 0 Å². The first-order valence-electron chi connectivity index (χ1n) is 5.59. The Morgan fingerprint density at radius 3 is 2.89 bits per heavy atom. The molecule has 0 bridgehead atoms. The fourth-order valence-electron chi connectivity index (χ4n) is 1.86. The Morgan fingerprint density at radius 1 is 1.37 bits per heavy atom. The van der Waals surface area contributed by atoms with Crippen LogP contribution in [0.2, 0.25) is 5.02 Å². The number of hydrogen-bond acceptors (Lipinski definition) is 5. The number of aryl methyl sites for hydroxylation is 1. The number of halogens is 1. The lowest BCUT2D eigenvalue weighted by Crippen LogP contribution is -1.88. The predicted molar refractivity (Wildman–Crippen MR) is 77.2 cm³/mol. The minimum absolute atomic E-state index is 0.350. The summed E-state index contributed by atoms with van der Waals surface area (Å²) in [6.45, 7) is 1.94. The minimum atomic E-state index is 0.350. The first kappa shape index (κ1) is 12.2. The first-order valence-corrected chi connectivity index (χ1v) is 6.78. The third-order valence-corrected chi connectivity index (χ3v) is 3.82. The lowest BCUT2D eigenvalue weighted by molar-refractivity contribution is 0.437. The van der Waals surface area contributed by atoms with E-state index in [2.05, 4.69) is 10.1 Å². The van der Waals surface area contributed by atoms with Crippen LogP contribution in [0.4, 0.5) is 5.82 Å². The van der Waals surface area contributed by atoms with Crippen molar-refractivity contribution >= 4 is 28.8 Å². The van der Waals surface area contributed by atoms with Gasteiger partial charge in [0.15, 0.2) is 11.6 Å². The molecule has 4 nitrogen and oxygen atoms in total. The molecular weight excluding hydrogens is 282 g/mol. The molecule has 3 rings (SSSR count). The molecule has 0 spiro atoms. The second-order valence-corrected chi connectivity index (χ2v) is 5.70. The van der Waals surface area contributed by atoms with Gasteiger partial charge in [-0.15, -0.1) is 11.3 Å². The van der Waals surface area contributed by atoms with Crippen LogP contribution in [0.15, 0.2) is 35.0 Å². The van der Waals surface area contributed by atoms with E-state index in [-0.39, 0.29) is 0 Å². The molecule has 0 fully saturated rings. The van der Waals surface area contributed by atoms with E-state index in [4.69, 9.17) is 21.9 Å². The maximum atomic E-state index is 6.01. The SMILES string of the molecule is Cc1ncc(-c2onc(N)c2-c2cccc(Cl)c2)s1. The zero-order valence-corrected chi connectivity index (χ0v) is 11.6. The highest BCUT2D eigenvalue weighted by Gasteiger charge is 2.19. The number of benzene rings is 1. The number of nitrogen functional groups attached to an aromatic ring is 1. The van der Waals surface area contributed by atoms with Crippen molar-refractivity contribution in [2.24, 2.45) is 0 Å². The van der Waals surface area contributed by atoms with Gasteiger partial charge in [0.25, 0.3) is 0 Å². The molecule has 0 aliphatic heterocycles. The number of aromatic nitrogens is 2. The van der Waals surface area contributed by atoms with Crippen molar-refractivity contribution in [3.63, 3.8) is 0 Å². The molecule has 0 aliphatic rings. The summed E-state index contributed by atoms with van der Waals surface area (Å²) >= 11 is 7.55. The summed E-state index contributed by atoms with van der Waals surface area (Å²) in [6.07, 6.45) is 1.76. The molecule has 0 amide bonds. The summed E-state index contributed by atoms with van der Waals surface area (Å²) in [5.41, 5.74) is 7.54. The molecule has 2 N–H and O–H groups in total. The van der Waals surface area contributed by atoms with E-state index in [1.54, 1.807) is 6.20 Å². The Bertz CT molecular complexity index is 735. The van der Waals surface area contributed by atoms with Gasteiger partial charge in [-0.25, -0.2) is 4.98 Å². The van der Waals surface area contributed by atoms with Crippen molar-refractivity contribution in [3.8, 4) is 21.8 Å². The van der Waals surface area contributed by atoms with Crippen LogP contribution in [0.3, 0.4) is 0 Å². The molecule has 0 atom stereocenters. The normalized spacial score (nSPS) is 10.8. The lowest BCUT2D eigenvalue weighted by Gasteiger charge is -2.01. The molecular formula is C13H10ClN3OS. The van der Waals surface area contributed by atoms with E-state index in [1.165, 1.54) is 11.3 Å². The largest absolute Gasteiger partial charge is 0.380 e. The van der Waals surface area contributed by atoms with E-state index < -0.39 is 0 Å². The standard InChI is InChI=1S/C13H10ClN3OS/c1-7-16-6-10(19-7)12-11(13(15)17-18-12)8-3-2-4-9(14)5-8/h2-6H,1H3,(H2,15,17). The van der Waals surface area contributed by atoms with Gasteiger partial charge in [-0.3, -0.25) is 0 Å². The van der Waals surface area contributed by atoms with Crippen molar-refractivity contribution in [1.82, 2.24) is 10.1 Å². The number of rotatable bonds is 2. The third kappa shape index (κ3) is 2.22. The summed E-state index contributed by atoms with van der Waals surface area (Å²) in [4.78, 5) is 5.12. The zero-order chi connectivity index (χ0) is 13.4. The highest BCUT2D eigenvalue weighted by molar-refractivity contribution is 7.15. The van der Waals surface area contributed by atoms with Crippen molar-refractivity contribution < 1.29 is 4.52 Å². The van der Waals surface area contributed by atoms with Gasteiger partial charge in [0.2, 0.25) is 0 Å². The van der Waals surface area contributed by atoms with Crippen LogP contribution in [0.25, 0.3) is 21.8 Å². The highest BCUT2D eigenvalue weighted by atomic mass is 35.5. The first-order chi connectivity index (χ1) is 9.15. The Morgan fingerprint density at radius 2 is 2.21 bits per heavy atom. The van der Waals surface area contributed by atoms with E-state index in [0.717, 1.165) is 21.0 Å². The van der Waals surface area contributed by atoms with Crippen LogP contribution >= 0.6 is 22.9 Å². The summed E-state index contributed by atoms with van der Waals surface area (Å²) in [6, 6.07) is 7.44. The van der Waals surface area contributed by atoms with E-state index >= 15 is 0 Å². The van der Waals surface area contributed by atoms with Gasteiger partial charge in [0.1, 0.15) is 0 Å². The summed E-state index contributed by atoms with van der Waals surface area (Å²) in [5.74, 6) is 0.980. The molecule has 0 aliphatic carbocycles. The van der Waals surface area contributed by atoms with Gasteiger partial charge >= 0.3 is 0 Å². The van der Waals surface area contributed by atoms with Crippen molar-refractivity contribution in [2.45, 2.75) is 6.92 Å². The molecule has 19 heavy (non-hydrogen) atoms. The molecule has 0 saturated heterocycles. The van der Waals surface area contributed by atoms with Crippen LogP contribution in [-0.4, -0.2) is 10.1 Å². The van der Waals surface area contributed by atoms with Crippen LogP contribution < -0.4 is 5.73 Å². The highest BCUT2D eigenvalue weighted by Crippen LogP contribution is 2.39.